The van der Waals surface area contributed by atoms with Crippen LogP contribution in [0.4, 0.5) is 0 Å². The molecule has 0 aliphatic rings. The van der Waals surface area contributed by atoms with Crippen molar-refractivity contribution in [2.45, 2.75) is 33.7 Å². The van der Waals surface area contributed by atoms with E-state index in [1.165, 1.54) is 0 Å². The summed E-state index contributed by atoms with van der Waals surface area (Å²) in [5.41, 5.74) is 0. The number of rotatable bonds is 3. The summed E-state index contributed by atoms with van der Waals surface area (Å²) in [4.78, 5) is 11.3. The molecule has 0 radical (unpaired) electrons. The molecule has 0 aliphatic carbocycles. The Morgan fingerprint density at radius 3 is 2.17 bits per heavy atom. The van der Waals surface area contributed by atoms with Crippen molar-refractivity contribution < 1.29 is 4.79 Å². The third kappa shape index (κ3) is 3.38. The molecule has 12 heavy (non-hydrogen) atoms. The predicted octanol–water partition coefficient (Wildman–Crippen LogP) is 1.31. The minimum Gasteiger partial charge on any atom is -0.340 e. The molecule has 3 nitrogen and oxygen atoms in total. The van der Waals surface area contributed by atoms with E-state index in [1.807, 2.05) is 26.8 Å². The minimum atomic E-state index is -0.390. The molecule has 1 amide bonds. The normalized spacial score (nSPS) is 15.0. The summed E-state index contributed by atoms with van der Waals surface area (Å²) in [6.07, 6.45) is 0. The maximum absolute atomic E-state index is 11.3. The Bertz CT molecular complexity index is 193. The molecule has 2 unspecified atom stereocenters. The molecule has 3 heteroatoms. The SMILES string of the molecule is CC(C#N)NC(=O)C(C)C(C)C. The first-order valence-electron chi connectivity index (χ1n) is 4.19. The third-order valence-corrected chi connectivity index (χ3v) is 1.97. The molecule has 0 aromatic carbocycles. The van der Waals surface area contributed by atoms with Gasteiger partial charge in [0.1, 0.15) is 6.04 Å². The largest absolute Gasteiger partial charge is 0.340 e. The lowest BCUT2D eigenvalue weighted by molar-refractivity contribution is -0.125. The standard InChI is InChI=1S/C9H16N2O/c1-6(2)8(4)9(12)11-7(3)5-10/h6-8H,1-4H3,(H,11,12). The van der Waals surface area contributed by atoms with Gasteiger partial charge in [0.05, 0.1) is 6.07 Å². The second kappa shape index (κ2) is 4.76. The molecule has 0 rings (SSSR count). The van der Waals surface area contributed by atoms with Crippen molar-refractivity contribution in [3.05, 3.63) is 0 Å². The van der Waals surface area contributed by atoms with Crippen LogP contribution in [0.2, 0.25) is 0 Å². The van der Waals surface area contributed by atoms with E-state index in [9.17, 15) is 4.79 Å². The number of nitrogens with zero attached hydrogens (tertiary/aromatic N) is 1. The maximum atomic E-state index is 11.3. The van der Waals surface area contributed by atoms with Crippen molar-refractivity contribution in [1.29, 1.82) is 5.26 Å². The molecule has 0 aromatic heterocycles. The number of carbonyl (C=O) groups excluding carboxylic acids is 1. The molecule has 1 N–H and O–H groups in total. The second-order valence-electron chi connectivity index (χ2n) is 3.39. The summed E-state index contributed by atoms with van der Waals surface area (Å²) >= 11 is 0. The van der Waals surface area contributed by atoms with Gasteiger partial charge in [-0.15, -0.1) is 0 Å². The average Bonchev–Trinajstić information content (AvgIpc) is 2.02. The lowest BCUT2D eigenvalue weighted by Crippen LogP contribution is -2.37. The van der Waals surface area contributed by atoms with Crippen LogP contribution >= 0.6 is 0 Å². The molecule has 2 atom stereocenters. The Kier molecular flexibility index (Phi) is 4.35. The molecular formula is C9H16N2O. The van der Waals surface area contributed by atoms with Gasteiger partial charge >= 0.3 is 0 Å². The number of amides is 1. The summed E-state index contributed by atoms with van der Waals surface area (Å²) in [5.74, 6) is 0.246. The number of hydrogen-bond donors (Lipinski definition) is 1. The van der Waals surface area contributed by atoms with Gasteiger partial charge in [-0.25, -0.2) is 0 Å². The van der Waals surface area contributed by atoms with Gasteiger partial charge < -0.3 is 5.32 Å². The van der Waals surface area contributed by atoms with Gasteiger partial charge in [0.2, 0.25) is 5.91 Å². The molecular weight excluding hydrogens is 152 g/mol. The van der Waals surface area contributed by atoms with Gasteiger partial charge in [-0.3, -0.25) is 4.79 Å². The van der Waals surface area contributed by atoms with Crippen LogP contribution in [0.15, 0.2) is 0 Å². The van der Waals surface area contributed by atoms with Crippen molar-refractivity contribution in [2.75, 3.05) is 0 Å². The van der Waals surface area contributed by atoms with Crippen molar-refractivity contribution >= 4 is 5.91 Å². The summed E-state index contributed by atoms with van der Waals surface area (Å²) in [6, 6.07) is 1.57. The zero-order valence-electron chi connectivity index (χ0n) is 8.09. The molecule has 0 aliphatic heterocycles. The lowest BCUT2D eigenvalue weighted by Gasteiger charge is -2.15. The quantitative estimate of drug-likeness (QED) is 0.690. The van der Waals surface area contributed by atoms with E-state index in [0.717, 1.165) is 0 Å². The van der Waals surface area contributed by atoms with Crippen molar-refractivity contribution in [1.82, 2.24) is 5.32 Å². The number of carbonyl (C=O) groups is 1. The molecule has 0 fully saturated rings. The summed E-state index contributed by atoms with van der Waals surface area (Å²) in [5, 5.41) is 11.0. The van der Waals surface area contributed by atoms with E-state index in [2.05, 4.69) is 5.32 Å². The Balaban J connectivity index is 3.98. The van der Waals surface area contributed by atoms with Crippen molar-refractivity contribution in [2.24, 2.45) is 11.8 Å². The fourth-order valence-electron chi connectivity index (χ4n) is 0.680. The first-order chi connectivity index (χ1) is 5.49. The van der Waals surface area contributed by atoms with Crippen LogP contribution in [-0.4, -0.2) is 11.9 Å². The molecule has 68 valence electrons. The first-order valence-corrected chi connectivity index (χ1v) is 4.19. The molecule has 0 aromatic rings. The highest BCUT2D eigenvalue weighted by Gasteiger charge is 2.17. The van der Waals surface area contributed by atoms with Crippen LogP contribution in [0.3, 0.4) is 0 Å². The maximum Gasteiger partial charge on any atom is 0.224 e. The van der Waals surface area contributed by atoms with E-state index in [4.69, 9.17) is 5.26 Å². The molecule has 0 heterocycles. The Morgan fingerprint density at radius 2 is 1.83 bits per heavy atom. The Labute approximate surface area is 73.8 Å². The van der Waals surface area contributed by atoms with Gasteiger partial charge in [0.15, 0.2) is 0 Å². The summed E-state index contributed by atoms with van der Waals surface area (Å²) in [6.45, 7) is 7.51. The van der Waals surface area contributed by atoms with Crippen LogP contribution in [0.1, 0.15) is 27.7 Å². The molecule has 0 saturated heterocycles. The Hall–Kier alpha value is -1.04. The van der Waals surface area contributed by atoms with Gasteiger partial charge in [-0.2, -0.15) is 5.26 Å². The lowest BCUT2D eigenvalue weighted by atomic mass is 9.97. The van der Waals surface area contributed by atoms with Gasteiger partial charge in [-0.05, 0) is 12.8 Å². The van der Waals surface area contributed by atoms with Crippen LogP contribution in [0, 0.1) is 23.2 Å². The summed E-state index contributed by atoms with van der Waals surface area (Å²) in [7, 11) is 0. The van der Waals surface area contributed by atoms with Crippen LogP contribution in [-0.2, 0) is 4.79 Å². The molecule has 0 saturated carbocycles. The molecule has 0 bridgehead atoms. The van der Waals surface area contributed by atoms with E-state index in [1.54, 1.807) is 6.92 Å². The topological polar surface area (TPSA) is 52.9 Å². The number of nitrogens with one attached hydrogen (secondary N) is 1. The van der Waals surface area contributed by atoms with Gasteiger partial charge in [0, 0.05) is 5.92 Å². The smallest absolute Gasteiger partial charge is 0.224 e. The van der Waals surface area contributed by atoms with Crippen molar-refractivity contribution in [3.63, 3.8) is 0 Å². The molecule has 0 spiro atoms. The van der Waals surface area contributed by atoms with Gasteiger partial charge in [-0.1, -0.05) is 20.8 Å². The average molecular weight is 168 g/mol. The highest BCUT2D eigenvalue weighted by atomic mass is 16.1. The fourth-order valence-corrected chi connectivity index (χ4v) is 0.680. The van der Waals surface area contributed by atoms with E-state index >= 15 is 0 Å². The zero-order valence-corrected chi connectivity index (χ0v) is 8.09. The minimum absolute atomic E-state index is 0.0270. The van der Waals surface area contributed by atoms with Gasteiger partial charge in [0.25, 0.3) is 0 Å². The third-order valence-electron chi connectivity index (χ3n) is 1.97. The number of nitriles is 1. The van der Waals surface area contributed by atoms with E-state index in [0.29, 0.717) is 5.92 Å². The Morgan fingerprint density at radius 1 is 1.33 bits per heavy atom. The predicted molar refractivity (Wildman–Crippen MR) is 47.2 cm³/mol. The second-order valence-corrected chi connectivity index (χ2v) is 3.39. The van der Waals surface area contributed by atoms with E-state index in [-0.39, 0.29) is 11.8 Å². The highest BCUT2D eigenvalue weighted by Crippen LogP contribution is 2.09. The monoisotopic (exact) mass is 168 g/mol. The van der Waals surface area contributed by atoms with E-state index < -0.39 is 6.04 Å². The summed E-state index contributed by atoms with van der Waals surface area (Å²) < 4.78 is 0. The van der Waals surface area contributed by atoms with Crippen molar-refractivity contribution in [3.8, 4) is 6.07 Å². The highest BCUT2D eigenvalue weighted by molar-refractivity contribution is 5.79. The fraction of sp³-hybridized carbons (Fsp3) is 0.778. The van der Waals surface area contributed by atoms with Crippen LogP contribution in [0.25, 0.3) is 0 Å². The first kappa shape index (κ1) is 11.0. The van der Waals surface area contributed by atoms with Crippen LogP contribution in [0.5, 0.6) is 0 Å². The zero-order chi connectivity index (χ0) is 9.72. The van der Waals surface area contributed by atoms with Crippen LogP contribution < -0.4 is 5.32 Å². The number of hydrogen-bond acceptors (Lipinski definition) is 2.